The Morgan fingerprint density at radius 3 is 3.00 bits per heavy atom. The summed E-state index contributed by atoms with van der Waals surface area (Å²) in [6, 6.07) is 3.34. The fourth-order valence-electron chi connectivity index (χ4n) is 1.61. The van der Waals surface area contributed by atoms with E-state index in [-0.39, 0.29) is 9.92 Å². The molecule has 0 aromatic carbocycles. The van der Waals surface area contributed by atoms with Gasteiger partial charge in [-0.25, -0.2) is 0 Å². The van der Waals surface area contributed by atoms with Crippen LogP contribution in [0.1, 0.15) is 10.4 Å². The average Bonchev–Trinajstić information content (AvgIpc) is 2.93. The van der Waals surface area contributed by atoms with Crippen LogP contribution < -0.4 is 5.32 Å². The van der Waals surface area contributed by atoms with Crippen LogP contribution in [-0.4, -0.2) is 21.2 Å². The summed E-state index contributed by atoms with van der Waals surface area (Å²) in [7, 11) is 1.89. The maximum absolute atomic E-state index is 10.5. The molecule has 0 aliphatic heterocycles. The van der Waals surface area contributed by atoms with Crippen molar-refractivity contribution in [3.63, 3.8) is 0 Å². The Balaban J connectivity index is 1.73. The Hall–Kier alpha value is -1.73. The van der Waals surface area contributed by atoms with Gasteiger partial charge in [0.25, 0.3) is 0 Å². The van der Waals surface area contributed by atoms with Crippen molar-refractivity contribution in [1.82, 2.24) is 15.1 Å². The highest BCUT2D eigenvalue weighted by atomic mass is 32.1. The number of aryl methyl sites for hydroxylation is 1. The van der Waals surface area contributed by atoms with Gasteiger partial charge in [-0.2, -0.15) is 5.10 Å². The van der Waals surface area contributed by atoms with E-state index in [0.29, 0.717) is 6.54 Å². The van der Waals surface area contributed by atoms with Crippen molar-refractivity contribution in [2.24, 2.45) is 7.05 Å². The third-order valence-corrected chi connectivity index (χ3v) is 3.51. The van der Waals surface area contributed by atoms with E-state index in [1.807, 2.05) is 19.4 Å². The van der Waals surface area contributed by atoms with Gasteiger partial charge in [0, 0.05) is 30.7 Å². The maximum atomic E-state index is 10.5. The summed E-state index contributed by atoms with van der Waals surface area (Å²) < 4.78 is 1.78. The lowest BCUT2D eigenvalue weighted by atomic mass is 10.2. The molecule has 0 atom stereocenters. The molecule has 0 spiro atoms. The molecule has 0 saturated carbocycles. The van der Waals surface area contributed by atoms with Gasteiger partial charge in [-0.15, -0.1) is 0 Å². The molecular weight excluding hydrogens is 252 g/mol. The molecule has 0 amide bonds. The summed E-state index contributed by atoms with van der Waals surface area (Å²) in [5.74, 6) is 0. The largest absolute Gasteiger partial charge is 0.324 e. The van der Waals surface area contributed by atoms with Crippen LogP contribution in [0.4, 0.5) is 5.00 Å². The number of aromatic nitrogens is 2. The smallest absolute Gasteiger partial charge is 0.312 e. The molecule has 6 nitrogen and oxygen atoms in total. The molecule has 18 heavy (non-hydrogen) atoms. The summed E-state index contributed by atoms with van der Waals surface area (Å²) in [5, 5.41) is 18.1. The average molecular weight is 266 g/mol. The lowest BCUT2D eigenvalue weighted by Crippen LogP contribution is -2.15. The second-order valence-corrected chi connectivity index (χ2v) is 5.09. The zero-order chi connectivity index (χ0) is 13.0. The number of nitrogens with one attached hydrogen (secondary N) is 1. The highest BCUT2D eigenvalue weighted by Gasteiger charge is 2.08. The quantitative estimate of drug-likeness (QED) is 0.491. The van der Waals surface area contributed by atoms with Gasteiger partial charge in [0.15, 0.2) is 0 Å². The zero-order valence-corrected chi connectivity index (χ0v) is 10.8. The highest BCUT2D eigenvalue weighted by Crippen LogP contribution is 2.23. The minimum Gasteiger partial charge on any atom is -0.312 e. The number of nitrogens with zero attached hydrogens (tertiary/aromatic N) is 3. The Bertz CT molecular complexity index is 535. The lowest BCUT2D eigenvalue weighted by Gasteiger charge is -2.00. The Morgan fingerprint density at radius 1 is 1.56 bits per heavy atom. The van der Waals surface area contributed by atoms with Crippen molar-refractivity contribution in [3.05, 3.63) is 45.1 Å². The molecule has 96 valence electrons. The van der Waals surface area contributed by atoms with Crippen LogP contribution in [0.15, 0.2) is 24.5 Å². The first-order valence-electron chi connectivity index (χ1n) is 5.56. The predicted molar refractivity (Wildman–Crippen MR) is 69.6 cm³/mol. The fraction of sp³-hybridized carbons (Fsp3) is 0.364. The van der Waals surface area contributed by atoms with Crippen molar-refractivity contribution in [2.75, 3.05) is 6.54 Å². The third-order valence-electron chi connectivity index (χ3n) is 2.48. The van der Waals surface area contributed by atoms with Crippen LogP contribution in [0, 0.1) is 10.1 Å². The van der Waals surface area contributed by atoms with Crippen molar-refractivity contribution >= 4 is 16.3 Å². The van der Waals surface area contributed by atoms with Crippen LogP contribution in [0.5, 0.6) is 0 Å². The molecule has 0 fully saturated rings. The lowest BCUT2D eigenvalue weighted by molar-refractivity contribution is -0.380. The zero-order valence-electron chi connectivity index (χ0n) is 10.00. The van der Waals surface area contributed by atoms with E-state index in [1.165, 1.54) is 16.9 Å². The summed E-state index contributed by atoms with van der Waals surface area (Å²) in [6.07, 6.45) is 4.73. The molecule has 7 heteroatoms. The van der Waals surface area contributed by atoms with Gasteiger partial charge in [-0.3, -0.25) is 14.8 Å². The van der Waals surface area contributed by atoms with Crippen molar-refractivity contribution < 1.29 is 4.92 Å². The Kier molecular flexibility index (Phi) is 4.06. The minimum absolute atomic E-state index is 0.194. The molecule has 2 heterocycles. The Morgan fingerprint density at radius 2 is 2.39 bits per heavy atom. The molecule has 2 aromatic rings. The predicted octanol–water partition coefficient (Wildman–Crippen LogP) is 1.72. The van der Waals surface area contributed by atoms with Gasteiger partial charge >= 0.3 is 5.00 Å². The van der Waals surface area contributed by atoms with Gasteiger partial charge in [-0.1, -0.05) is 11.3 Å². The van der Waals surface area contributed by atoms with E-state index in [4.69, 9.17) is 0 Å². The summed E-state index contributed by atoms with van der Waals surface area (Å²) in [4.78, 5) is 11.1. The molecule has 0 saturated heterocycles. The molecule has 0 unspecified atom stereocenters. The number of hydrogen-bond acceptors (Lipinski definition) is 5. The number of thiophene rings is 1. The second kappa shape index (κ2) is 5.74. The van der Waals surface area contributed by atoms with Crippen LogP contribution in [0.3, 0.4) is 0 Å². The minimum atomic E-state index is -0.357. The third kappa shape index (κ3) is 3.38. The van der Waals surface area contributed by atoms with Gasteiger partial charge in [0.1, 0.15) is 0 Å². The number of rotatable bonds is 6. The topological polar surface area (TPSA) is 73.0 Å². The SMILES string of the molecule is Cn1cc(CCNCc2ccc([N+](=O)[O-])s2)cn1. The number of hydrogen-bond donors (Lipinski definition) is 1. The summed E-state index contributed by atoms with van der Waals surface area (Å²) in [5.41, 5.74) is 1.18. The van der Waals surface area contributed by atoms with E-state index >= 15 is 0 Å². The normalized spacial score (nSPS) is 10.7. The molecule has 2 aromatic heterocycles. The molecule has 1 N–H and O–H groups in total. The maximum Gasteiger partial charge on any atom is 0.324 e. The van der Waals surface area contributed by atoms with Crippen molar-refractivity contribution in [3.8, 4) is 0 Å². The fourth-order valence-corrected chi connectivity index (χ4v) is 2.39. The monoisotopic (exact) mass is 266 g/mol. The number of nitro groups is 1. The van der Waals surface area contributed by atoms with Gasteiger partial charge in [0.2, 0.25) is 0 Å². The molecule has 0 radical (unpaired) electrons. The molecule has 0 bridgehead atoms. The molecular formula is C11H14N4O2S. The first-order chi connectivity index (χ1) is 8.65. The van der Waals surface area contributed by atoms with Crippen molar-refractivity contribution in [2.45, 2.75) is 13.0 Å². The standard InChI is InChI=1S/C11H14N4O2S/c1-14-8-9(6-13-14)4-5-12-7-10-2-3-11(18-10)15(16)17/h2-3,6,8,12H,4-5,7H2,1H3. The van der Waals surface area contributed by atoms with E-state index in [1.54, 1.807) is 16.8 Å². The molecule has 0 aliphatic carbocycles. The van der Waals surface area contributed by atoms with E-state index in [2.05, 4.69) is 10.4 Å². The first-order valence-corrected chi connectivity index (χ1v) is 6.38. The molecule has 0 aliphatic rings. The van der Waals surface area contributed by atoms with Crippen molar-refractivity contribution in [1.29, 1.82) is 0 Å². The Labute approximate surface area is 108 Å². The van der Waals surface area contributed by atoms with E-state index < -0.39 is 0 Å². The van der Waals surface area contributed by atoms with Gasteiger partial charge < -0.3 is 5.32 Å². The van der Waals surface area contributed by atoms with Crippen LogP contribution in [0.25, 0.3) is 0 Å². The van der Waals surface area contributed by atoms with Crippen LogP contribution >= 0.6 is 11.3 Å². The van der Waals surface area contributed by atoms with Crippen LogP contribution in [0.2, 0.25) is 0 Å². The first kappa shape index (κ1) is 12.7. The highest BCUT2D eigenvalue weighted by molar-refractivity contribution is 7.15. The van der Waals surface area contributed by atoms with Gasteiger partial charge in [0.05, 0.1) is 11.1 Å². The second-order valence-electron chi connectivity index (χ2n) is 3.95. The van der Waals surface area contributed by atoms with Gasteiger partial charge in [-0.05, 0) is 24.6 Å². The van der Waals surface area contributed by atoms with E-state index in [0.717, 1.165) is 17.8 Å². The summed E-state index contributed by atoms with van der Waals surface area (Å²) >= 11 is 1.21. The molecule has 2 rings (SSSR count). The van der Waals surface area contributed by atoms with Crippen LogP contribution in [-0.2, 0) is 20.0 Å². The summed E-state index contributed by atoms with van der Waals surface area (Å²) in [6.45, 7) is 1.50. The van der Waals surface area contributed by atoms with E-state index in [9.17, 15) is 10.1 Å².